The first-order chi connectivity index (χ1) is 9.74. The molecule has 3 unspecified atom stereocenters. The Morgan fingerprint density at radius 3 is 2.38 bits per heavy atom. The van der Waals surface area contributed by atoms with Crippen LogP contribution in [0.4, 0.5) is 4.39 Å². The van der Waals surface area contributed by atoms with Crippen molar-refractivity contribution in [2.45, 2.75) is 59.8 Å². The van der Waals surface area contributed by atoms with Crippen molar-refractivity contribution < 1.29 is 4.39 Å². The molecule has 0 bridgehead atoms. The average molecular weight is 291 g/mol. The molecule has 0 amide bonds. The third kappa shape index (κ3) is 3.48. The topological polar surface area (TPSA) is 26.0 Å². The van der Waals surface area contributed by atoms with Gasteiger partial charge < -0.3 is 5.73 Å². The van der Waals surface area contributed by atoms with Crippen LogP contribution < -0.4 is 5.73 Å². The molecule has 2 heteroatoms. The van der Waals surface area contributed by atoms with E-state index in [1.807, 2.05) is 13.8 Å². The van der Waals surface area contributed by atoms with Crippen molar-refractivity contribution in [2.75, 3.05) is 6.54 Å². The largest absolute Gasteiger partial charge is 0.330 e. The minimum atomic E-state index is -0.0366. The zero-order valence-corrected chi connectivity index (χ0v) is 14.2. The summed E-state index contributed by atoms with van der Waals surface area (Å²) in [5.41, 5.74) is 9.29. The summed E-state index contributed by atoms with van der Waals surface area (Å²) in [5, 5.41) is 0. The molecule has 0 spiro atoms. The Kier molecular flexibility index (Phi) is 4.77. The van der Waals surface area contributed by atoms with E-state index < -0.39 is 0 Å². The molecule has 1 aliphatic rings. The summed E-state index contributed by atoms with van der Waals surface area (Å²) in [6.45, 7) is 11.6. The fourth-order valence-corrected chi connectivity index (χ4v) is 4.05. The number of nitrogens with two attached hydrogens (primary N) is 1. The lowest BCUT2D eigenvalue weighted by Gasteiger charge is -2.42. The second kappa shape index (κ2) is 6.08. The highest BCUT2D eigenvalue weighted by Crippen LogP contribution is 2.47. The van der Waals surface area contributed by atoms with Crippen LogP contribution in [0.25, 0.3) is 0 Å². The molecule has 2 N–H and O–H groups in total. The van der Waals surface area contributed by atoms with Crippen LogP contribution in [0, 0.1) is 36.9 Å². The lowest BCUT2D eigenvalue weighted by molar-refractivity contribution is 0.131. The molecule has 1 aromatic rings. The van der Waals surface area contributed by atoms with Crippen molar-refractivity contribution in [1.29, 1.82) is 0 Å². The normalized spacial score (nSPS) is 26.9. The van der Waals surface area contributed by atoms with E-state index in [0.717, 1.165) is 29.5 Å². The Balaban J connectivity index is 2.38. The highest BCUT2D eigenvalue weighted by Gasteiger charge is 2.37. The van der Waals surface area contributed by atoms with Crippen LogP contribution in [-0.4, -0.2) is 6.54 Å². The van der Waals surface area contributed by atoms with Crippen LogP contribution >= 0.6 is 0 Å². The van der Waals surface area contributed by atoms with Gasteiger partial charge in [0.25, 0.3) is 0 Å². The molecule has 0 aromatic heterocycles. The van der Waals surface area contributed by atoms with Gasteiger partial charge in [-0.15, -0.1) is 0 Å². The van der Waals surface area contributed by atoms with E-state index in [0.29, 0.717) is 18.4 Å². The van der Waals surface area contributed by atoms with E-state index in [-0.39, 0.29) is 17.2 Å². The third-order valence-corrected chi connectivity index (χ3v) is 5.37. The van der Waals surface area contributed by atoms with Gasteiger partial charge in [-0.1, -0.05) is 26.8 Å². The number of hydrogen-bond acceptors (Lipinski definition) is 1. The maximum Gasteiger partial charge on any atom is 0.127 e. The van der Waals surface area contributed by atoms with Gasteiger partial charge in [0.2, 0.25) is 0 Å². The minimum absolute atomic E-state index is 0.0366. The summed E-state index contributed by atoms with van der Waals surface area (Å²) < 4.78 is 14.6. The Morgan fingerprint density at radius 1 is 1.19 bits per heavy atom. The van der Waals surface area contributed by atoms with Crippen LogP contribution in [0.1, 0.15) is 62.6 Å². The number of aryl methyl sites for hydroxylation is 2. The van der Waals surface area contributed by atoms with Crippen LogP contribution in [0.3, 0.4) is 0 Å². The average Bonchev–Trinajstić information content (AvgIpc) is 2.36. The standard InChI is InChI=1S/C19H30FN/c1-12-8-13(2)18(17(20)9-12)16-10-15(19(3,4)5)7-6-14(16)11-21/h8-9,14-16H,6-7,10-11,21H2,1-5H3. The molecule has 1 aliphatic carbocycles. The van der Waals surface area contributed by atoms with Gasteiger partial charge in [0.05, 0.1) is 0 Å². The Bertz CT molecular complexity index is 478. The van der Waals surface area contributed by atoms with Crippen molar-refractivity contribution >= 4 is 0 Å². The van der Waals surface area contributed by atoms with Crippen molar-refractivity contribution in [3.63, 3.8) is 0 Å². The summed E-state index contributed by atoms with van der Waals surface area (Å²) in [6.07, 6.45) is 3.40. The summed E-state index contributed by atoms with van der Waals surface area (Å²) >= 11 is 0. The van der Waals surface area contributed by atoms with E-state index in [1.165, 1.54) is 6.42 Å². The van der Waals surface area contributed by atoms with Crippen molar-refractivity contribution in [3.05, 3.63) is 34.6 Å². The Morgan fingerprint density at radius 2 is 1.86 bits per heavy atom. The van der Waals surface area contributed by atoms with Gasteiger partial charge >= 0.3 is 0 Å². The fraction of sp³-hybridized carbons (Fsp3) is 0.684. The second-order valence-corrected chi connectivity index (χ2v) is 7.96. The molecule has 0 radical (unpaired) electrons. The van der Waals surface area contributed by atoms with Crippen LogP contribution in [0.15, 0.2) is 12.1 Å². The lowest BCUT2D eigenvalue weighted by atomic mass is 9.63. The molecule has 1 saturated carbocycles. The summed E-state index contributed by atoms with van der Waals surface area (Å²) in [4.78, 5) is 0. The van der Waals surface area contributed by atoms with Gasteiger partial charge in [-0.05, 0) is 85.6 Å². The maximum atomic E-state index is 14.6. The summed E-state index contributed by atoms with van der Waals surface area (Å²) in [5.74, 6) is 1.30. The number of rotatable bonds is 2. The monoisotopic (exact) mass is 291 g/mol. The fourth-order valence-electron chi connectivity index (χ4n) is 4.05. The lowest BCUT2D eigenvalue weighted by Crippen LogP contribution is -2.34. The molecule has 118 valence electrons. The van der Waals surface area contributed by atoms with Gasteiger partial charge in [-0.25, -0.2) is 4.39 Å². The van der Waals surface area contributed by atoms with E-state index in [1.54, 1.807) is 6.07 Å². The van der Waals surface area contributed by atoms with Gasteiger partial charge in [0.15, 0.2) is 0 Å². The molecule has 1 nitrogen and oxygen atoms in total. The predicted molar refractivity (Wildman–Crippen MR) is 88.0 cm³/mol. The first-order valence-electron chi connectivity index (χ1n) is 8.20. The van der Waals surface area contributed by atoms with Crippen LogP contribution in [-0.2, 0) is 0 Å². The number of benzene rings is 1. The SMILES string of the molecule is Cc1cc(C)c(C2CC(C(C)(C)C)CCC2CN)c(F)c1. The van der Waals surface area contributed by atoms with Crippen LogP contribution in [0.5, 0.6) is 0 Å². The zero-order valence-electron chi connectivity index (χ0n) is 14.2. The highest BCUT2D eigenvalue weighted by molar-refractivity contribution is 5.35. The Hall–Kier alpha value is -0.890. The van der Waals surface area contributed by atoms with E-state index in [2.05, 4.69) is 26.8 Å². The smallest absolute Gasteiger partial charge is 0.127 e. The third-order valence-electron chi connectivity index (χ3n) is 5.37. The first-order valence-corrected chi connectivity index (χ1v) is 8.20. The maximum absolute atomic E-state index is 14.6. The number of hydrogen-bond donors (Lipinski definition) is 1. The molecule has 0 heterocycles. The van der Waals surface area contributed by atoms with Gasteiger partial charge in [0.1, 0.15) is 5.82 Å². The second-order valence-electron chi connectivity index (χ2n) is 7.96. The molecule has 0 saturated heterocycles. The van der Waals surface area contributed by atoms with Crippen molar-refractivity contribution in [1.82, 2.24) is 0 Å². The summed E-state index contributed by atoms with van der Waals surface area (Å²) in [7, 11) is 0. The highest BCUT2D eigenvalue weighted by atomic mass is 19.1. The molecule has 0 aliphatic heterocycles. The van der Waals surface area contributed by atoms with Gasteiger partial charge in [-0.2, -0.15) is 0 Å². The van der Waals surface area contributed by atoms with Crippen molar-refractivity contribution in [2.24, 2.45) is 23.0 Å². The number of halogens is 1. The van der Waals surface area contributed by atoms with E-state index in [4.69, 9.17) is 5.73 Å². The predicted octanol–water partition coefficient (Wildman–Crippen LogP) is 4.95. The van der Waals surface area contributed by atoms with Gasteiger partial charge in [-0.3, -0.25) is 0 Å². The molecule has 1 fully saturated rings. The molecular formula is C19H30FN. The molecular weight excluding hydrogens is 261 g/mol. The quantitative estimate of drug-likeness (QED) is 0.820. The first kappa shape index (κ1) is 16.5. The zero-order chi connectivity index (χ0) is 15.8. The minimum Gasteiger partial charge on any atom is -0.330 e. The molecule has 2 rings (SSSR count). The van der Waals surface area contributed by atoms with E-state index in [9.17, 15) is 4.39 Å². The Labute approximate surface area is 129 Å². The van der Waals surface area contributed by atoms with Crippen molar-refractivity contribution in [3.8, 4) is 0 Å². The summed E-state index contributed by atoms with van der Waals surface area (Å²) in [6, 6.07) is 3.78. The van der Waals surface area contributed by atoms with Crippen LogP contribution in [0.2, 0.25) is 0 Å². The molecule has 3 atom stereocenters. The molecule has 1 aromatic carbocycles. The molecule has 21 heavy (non-hydrogen) atoms. The van der Waals surface area contributed by atoms with Gasteiger partial charge in [0, 0.05) is 0 Å². The van der Waals surface area contributed by atoms with E-state index >= 15 is 0 Å².